The van der Waals surface area contributed by atoms with Crippen LogP contribution in [0.2, 0.25) is 0 Å². The predicted molar refractivity (Wildman–Crippen MR) is 70.1 cm³/mol. The molecule has 0 amide bonds. The van der Waals surface area contributed by atoms with Gasteiger partial charge in [-0.3, -0.25) is 9.69 Å². The summed E-state index contributed by atoms with van der Waals surface area (Å²) < 4.78 is 4.17. The summed E-state index contributed by atoms with van der Waals surface area (Å²) in [5, 5.41) is 10.1. The SMILES string of the molecule is CCC(C(=O)O)N1CCN(c2nc(C)ns2)CC1. The zero-order valence-corrected chi connectivity index (χ0v) is 11.5. The minimum atomic E-state index is -0.724. The first-order valence-electron chi connectivity index (χ1n) is 6.14. The van der Waals surface area contributed by atoms with E-state index in [1.54, 1.807) is 0 Å². The summed E-state index contributed by atoms with van der Waals surface area (Å²) in [5.41, 5.74) is 0. The Kier molecular flexibility index (Phi) is 4.13. The van der Waals surface area contributed by atoms with E-state index in [0.29, 0.717) is 6.42 Å². The maximum absolute atomic E-state index is 11.1. The minimum Gasteiger partial charge on any atom is -0.480 e. The van der Waals surface area contributed by atoms with E-state index in [1.807, 2.05) is 18.7 Å². The Hall–Kier alpha value is -1.21. The summed E-state index contributed by atoms with van der Waals surface area (Å²) in [7, 11) is 0. The van der Waals surface area contributed by atoms with Crippen LogP contribution in [-0.4, -0.2) is 57.6 Å². The first kappa shape index (κ1) is 13.2. The highest BCUT2D eigenvalue weighted by molar-refractivity contribution is 7.09. The standard InChI is InChI=1S/C11H18N4O2S/c1-3-9(10(16)17)14-4-6-15(7-5-14)11-12-8(2)13-18-11/h9H,3-7H2,1-2H3,(H,16,17). The van der Waals surface area contributed by atoms with Gasteiger partial charge in [-0.2, -0.15) is 4.37 Å². The lowest BCUT2D eigenvalue weighted by Crippen LogP contribution is -2.52. The van der Waals surface area contributed by atoms with Crippen LogP contribution in [0.25, 0.3) is 0 Å². The molecular formula is C11H18N4O2S. The maximum Gasteiger partial charge on any atom is 0.320 e. The van der Waals surface area contributed by atoms with Gasteiger partial charge >= 0.3 is 5.97 Å². The van der Waals surface area contributed by atoms with Crippen molar-refractivity contribution in [2.45, 2.75) is 26.3 Å². The molecule has 1 saturated heterocycles. The second kappa shape index (κ2) is 5.62. The second-order valence-corrected chi connectivity index (χ2v) is 5.14. The number of piperazine rings is 1. The fourth-order valence-electron chi connectivity index (χ4n) is 2.23. The number of carbonyl (C=O) groups is 1. The van der Waals surface area contributed by atoms with E-state index in [1.165, 1.54) is 11.5 Å². The van der Waals surface area contributed by atoms with Crippen LogP contribution in [0.4, 0.5) is 5.13 Å². The van der Waals surface area contributed by atoms with Gasteiger partial charge in [-0.05, 0) is 13.3 Å². The molecule has 1 atom stereocenters. The summed E-state index contributed by atoms with van der Waals surface area (Å²) >= 11 is 1.41. The minimum absolute atomic E-state index is 0.358. The Morgan fingerprint density at radius 2 is 2.11 bits per heavy atom. The summed E-state index contributed by atoms with van der Waals surface area (Å²) in [4.78, 5) is 19.7. The average molecular weight is 270 g/mol. The Balaban J connectivity index is 1.93. The number of hydrogen-bond donors (Lipinski definition) is 1. The van der Waals surface area contributed by atoms with Gasteiger partial charge in [-0.1, -0.05) is 6.92 Å². The predicted octanol–water partition coefficient (Wildman–Crippen LogP) is 0.832. The van der Waals surface area contributed by atoms with Crippen molar-refractivity contribution >= 4 is 22.6 Å². The van der Waals surface area contributed by atoms with Gasteiger partial charge in [0.2, 0.25) is 5.13 Å². The molecule has 1 aliphatic rings. The molecule has 1 aliphatic heterocycles. The van der Waals surface area contributed by atoms with E-state index in [0.717, 1.165) is 37.1 Å². The number of aromatic nitrogens is 2. The molecule has 100 valence electrons. The van der Waals surface area contributed by atoms with Crippen molar-refractivity contribution in [2.24, 2.45) is 0 Å². The molecule has 2 rings (SSSR count). The number of aliphatic carboxylic acids is 1. The number of anilines is 1. The lowest BCUT2D eigenvalue weighted by atomic mass is 10.1. The van der Waals surface area contributed by atoms with Gasteiger partial charge in [-0.15, -0.1) is 0 Å². The van der Waals surface area contributed by atoms with Crippen molar-refractivity contribution in [3.05, 3.63) is 5.82 Å². The van der Waals surface area contributed by atoms with Crippen LogP contribution < -0.4 is 4.90 Å². The van der Waals surface area contributed by atoms with E-state index in [2.05, 4.69) is 14.3 Å². The smallest absolute Gasteiger partial charge is 0.320 e. The maximum atomic E-state index is 11.1. The van der Waals surface area contributed by atoms with Gasteiger partial charge < -0.3 is 10.0 Å². The van der Waals surface area contributed by atoms with Gasteiger partial charge in [0.15, 0.2) is 0 Å². The van der Waals surface area contributed by atoms with E-state index >= 15 is 0 Å². The van der Waals surface area contributed by atoms with Gasteiger partial charge in [0.25, 0.3) is 0 Å². The number of aryl methyl sites for hydroxylation is 1. The lowest BCUT2D eigenvalue weighted by molar-refractivity contribution is -0.143. The highest BCUT2D eigenvalue weighted by atomic mass is 32.1. The van der Waals surface area contributed by atoms with E-state index in [4.69, 9.17) is 5.11 Å². The summed E-state index contributed by atoms with van der Waals surface area (Å²) in [6.45, 7) is 6.97. The quantitative estimate of drug-likeness (QED) is 0.874. The molecule has 7 heteroatoms. The van der Waals surface area contributed by atoms with Crippen molar-refractivity contribution in [1.82, 2.24) is 14.3 Å². The second-order valence-electron chi connectivity index (χ2n) is 4.41. The molecule has 18 heavy (non-hydrogen) atoms. The number of nitrogens with zero attached hydrogens (tertiary/aromatic N) is 4. The van der Waals surface area contributed by atoms with Crippen LogP contribution in [0, 0.1) is 6.92 Å². The number of carboxylic acid groups (broad SMARTS) is 1. The van der Waals surface area contributed by atoms with Gasteiger partial charge in [-0.25, -0.2) is 4.98 Å². The molecule has 0 bridgehead atoms. The van der Waals surface area contributed by atoms with Crippen LogP contribution in [0.1, 0.15) is 19.2 Å². The lowest BCUT2D eigenvalue weighted by Gasteiger charge is -2.37. The fourth-order valence-corrected chi connectivity index (χ4v) is 2.95. The number of hydrogen-bond acceptors (Lipinski definition) is 6. The van der Waals surface area contributed by atoms with Crippen LogP contribution in [0.15, 0.2) is 0 Å². The molecule has 1 unspecified atom stereocenters. The van der Waals surface area contributed by atoms with E-state index < -0.39 is 5.97 Å². The van der Waals surface area contributed by atoms with Crippen LogP contribution in [0.3, 0.4) is 0 Å². The Bertz CT molecular complexity index is 415. The zero-order chi connectivity index (χ0) is 13.1. The highest BCUT2D eigenvalue weighted by Crippen LogP contribution is 2.19. The van der Waals surface area contributed by atoms with Crippen LogP contribution in [-0.2, 0) is 4.79 Å². The third-order valence-electron chi connectivity index (χ3n) is 3.21. The van der Waals surface area contributed by atoms with Crippen molar-refractivity contribution in [1.29, 1.82) is 0 Å². The summed E-state index contributed by atoms with van der Waals surface area (Å²) in [6.07, 6.45) is 0.646. The van der Waals surface area contributed by atoms with Crippen LogP contribution >= 0.6 is 11.5 Å². The van der Waals surface area contributed by atoms with Crippen LogP contribution in [0.5, 0.6) is 0 Å². The van der Waals surface area contributed by atoms with Gasteiger partial charge in [0.05, 0.1) is 0 Å². The molecule has 6 nitrogen and oxygen atoms in total. The van der Waals surface area contributed by atoms with E-state index in [9.17, 15) is 4.79 Å². The fraction of sp³-hybridized carbons (Fsp3) is 0.727. The Labute approximate surface area is 110 Å². The monoisotopic (exact) mass is 270 g/mol. The first-order chi connectivity index (χ1) is 8.61. The highest BCUT2D eigenvalue weighted by Gasteiger charge is 2.28. The molecule has 0 radical (unpaired) electrons. The molecule has 1 aromatic rings. The zero-order valence-electron chi connectivity index (χ0n) is 10.7. The third kappa shape index (κ3) is 2.78. The molecule has 1 fully saturated rings. The molecule has 0 saturated carbocycles. The summed E-state index contributed by atoms with van der Waals surface area (Å²) in [6, 6.07) is -0.358. The molecule has 0 aromatic carbocycles. The van der Waals surface area contributed by atoms with E-state index in [-0.39, 0.29) is 6.04 Å². The van der Waals surface area contributed by atoms with Crippen molar-refractivity contribution in [3.63, 3.8) is 0 Å². The largest absolute Gasteiger partial charge is 0.480 e. The average Bonchev–Trinajstić information content (AvgIpc) is 2.77. The molecular weight excluding hydrogens is 252 g/mol. The molecule has 0 spiro atoms. The van der Waals surface area contributed by atoms with Crippen molar-refractivity contribution < 1.29 is 9.90 Å². The summed E-state index contributed by atoms with van der Waals surface area (Å²) in [5.74, 6) is 0.0760. The van der Waals surface area contributed by atoms with Gasteiger partial charge in [0, 0.05) is 37.7 Å². The first-order valence-corrected chi connectivity index (χ1v) is 6.91. The Morgan fingerprint density at radius 1 is 1.44 bits per heavy atom. The normalized spacial score (nSPS) is 18.9. The topological polar surface area (TPSA) is 69.6 Å². The number of rotatable bonds is 4. The molecule has 2 heterocycles. The number of carboxylic acids is 1. The van der Waals surface area contributed by atoms with Crippen molar-refractivity contribution in [3.8, 4) is 0 Å². The molecule has 1 N–H and O–H groups in total. The Morgan fingerprint density at radius 3 is 2.56 bits per heavy atom. The van der Waals surface area contributed by atoms with Gasteiger partial charge in [0.1, 0.15) is 11.9 Å². The molecule has 0 aliphatic carbocycles. The van der Waals surface area contributed by atoms with Crippen molar-refractivity contribution in [2.75, 3.05) is 31.1 Å². The molecule has 1 aromatic heterocycles. The third-order valence-corrected chi connectivity index (χ3v) is 4.08.